The summed E-state index contributed by atoms with van der Waals surface area (Å²) in [4.78, 5) is 10.3. The molecule has 0 saturated heterocycles. The number of thioether (sulfide) groups is 1. The first-order valence-electron chi connectivity index (χ1n) is 8.50. The summed E-state index contributed by atoms with van der Waals surface area (Å²) in [6, 6.07) is 6.57. The van der Waals surface area contributed by atoms with Crippen molar-refractivity contribution in [3.63, 3.8) is 0 Å². The zero-order valence-electron chi connectivity index (χ0n) is 15.3. The number of rotatable bonds is 10. The van der Waals surface area contributed by atoms with Gasteiger partial charge in [-0.15, -0.1) is 0 Å². The Kier molecular flexibility index (Phi) is 8.83. The molecule has 0 fully saturated rings. The lowest BCUT2D eigenvalue weighted by Gasteiger charge is -2.23. The fourth-order valence-electron chi connectivity index (χ4n) is 2.76. The van der Waals surface area contributed by atoms with Crippen LogP contribution in [0.15, 0.2) is 30.4 Å². The van der Waals surface area contributed by atoms with Gasteiger partial charge in [0.2, 0.25) is 6.41 Å². The van der Waals surface area contributed by atoms with Crippen molar-refractivity contribution in [1.82, 2.24) is 5.32 Å². The number of aryl methyl sites for hydroxylation is 2. The molecule has 0 aliphatic heterocycles. The van der Waals surface area contributed by atoms with E-state index in [1.165, 1.54) is 16.7 Å². The Balaban J connectivity index is 2.83. The first kappa shape index (κ1) is 20.5. The first-order chi connectivity index (χ1) is 11.3. The van der Waals surface area contributed by atoms with Crippen molar-refractivity contribution >= 4 is 23.2 Å². The maximum Gasteiger partial charge on any atom is 0.207 e. The smallest absolute Gasteiger partial charge is 0.207 e. The maximum atomic E-state index is 10.3. The highest BCUT2D eigenvalue weighted by molar-refractivity contribution is 8.14. The minimum Gasteiger partial charge on any atom is -0.359 e. The van der Waals surface area contributed by atoms with Crippen LogP contribution in [0, 0.1) is 25.2 Å². The summed E-state index contributed by atoms with van der Waals surface area (Å²) in [5.74, 6) is 0.537. The number of hydrogen-bond donors (Lipinski definition) is 2. The van der Waals surface area contributed by atoms with Gasteiger partial charge in [-0.1, -0.05) is 49.0 Å². The lowest BCUT2D eigenvalue weighted by Crippen LogP contribution is -2.14. The van der Waals surface area contributed by atoms with Gasteiger partial charge in [0.15, 0.2) is 0 Å². The molecule has 4 heteroatoms. The SMILES string of the molecule is C=C(C)C(=N)SC(CC(C)CCCNC=O)c1ccc(C)cc1C. The average Bonchev–Trinajstić information content (AvgIpc) is 2.51. The fourth-order valence-corrected chi connectivity index (χ4v) is 4.06. The molecule has 2 unspecified atom stereocenters. The molecule has 2 atom stereocenters. The van der Waals surface area contributed by atoms with Gasteiger partial charge < -0.3 is 5.32 Å². The normalized spacial score (nSPS) is 13.2. The third kappa shape index (κ3) is 6.91. The Hall–Kier alpha value is -1.55. The Bertz CT molecular complexity index is 583. The molecule has 24 heavy (non-hydrogen) atoms. The van der Waals surface area contributed by atoms with Gasteiger partial charge in [-0.05, 0) is 62.7 Å². The van der Waals surface area contributed by atoms with E-state index in [0.29, 0.717) is 11.0 Å². The topological polar surface area (TPSA) is 53.0 Å². The monoisotopic (exact) mass is 346 g/mol. The Morgan fingerprint density at radius 1 is 1.42 bits per heavy atom. The van der Waals surface area contributed by atoms with Crippen LogP contribution in [0.5, 0.6) is 0 Å². The third-order valence-electron chi connectivity index (χ3n) is 4.14. The number of carbonyl (C=O) groups excluding carboxylic acids is 1. The zero-order valence-corrected chi connectivity index (χ0v) is 16.1. The molecule has 1 aromatic carbocycles. The molecule has 1 rings (SSSR count). The van der Waals surface area contributed by atoms with E-state index in [0.717, 1.165) is 37.8 Å². The summed E-state index contributed by atoms with van der Waals surface area (Å²) >= 11 is 1.61. The van der Waals surface area contributed by atoms with Gasteiger partial charge in [0.1, 0.15) is 0 Å². The Morgan fingerprint density at radius 3 is 2.71 bits per heavy atom. The van der Waals surface area contributed by atoms with E-state index in [9.17, 15) is 4.79 Å². The fraction of sp³-hybridized carbons (Fsp3) is 0.500. The van der Waals surface area contributed by atoms with Crippen LogP contribution < -0.4 is 5.32 Å². The quantitative estimate of drug-likeness (QED) is 0.265. The molecule has 132 valence electrons. The summed E-state index contributed by atoms with van der Waals surface area (Å²) in [6.45, 7) is 13.0. The summed E-state index contributed by atoms with van der Waals surface area (Å²) < 4.78 is 0. The Morgan fingerprint density at radius 2 is 2.12 bits per heavy atom. The van der Waals surface area contributed by atoms with Gasteiger partial charge in [0, 0.05) is 11.8 Å². The van der Waals surface area contributed by atoms with E-state index in [-0.39, 0.29) is 5.25 Å². The highest BCUT2D eigenvalue weighted by atomic mass is 32.2. The number of nitrogens with one attached hydrogen (secondary N) is 2. The second kappa shape index (κ2) is 10.3. The zero-order chi connectivity index (χ0) is 18.1. The molecule has 1 aromatic rings. The van der Waals surface area contributed by atoms with Gasteiger partial charge in [0.25, 0.3) is 0 Å². The van der Waals surface area contributed by atoms with Gasteiger partial charge in [-0.25, -0.2) is 0 Å². The van der Waals surface area contributed by atoms with Crippen LogP contribution in [-0.2, 0) is 4.79 Å². The molecule has 0 radical (unpaired) electrons. The van der Waals surface area contributed by atoms with Crippen molar-refractivity contribution in [1.29, 1.82) is 5.41 Å². The van der Waals surface area contributed by atoms with Crippen LogP contribution in [-0.4, -0.2) is 18.0 Å². The molecule has 3 nitrogen and oxygen atoms in total. The van der Waals surface area contributed by atoms with E-state index in [2.05, 4.69) is 50.9 Å². The van der Waals surface area contributed by atoms with Crippen molar-refractivity contribution < 1.29 is 4.79 Å². The van der Waals surface area contributed by atoms with Gasteiger partial charge in [0.05, 0.1) is 5.04 Å². The van der Waals surface area contributed by atoms with Crippen molar-refractivity contribution in [2.45, 2.75) is 52.2 Å². The molecule has 0 aliphatic rings. The van der Waals surface area contributed by atoms with Crippen LogP contribution in [0.3, 0.4) is 0 Å². The highest BCUT2D eigenvalue weighted by Gasteiger charge is 2.20. The van der Waals surface area contributed by atoms with E-state index < -0.39 is 0 Å². The predicted molar refractivity (Wildman–Crippen MR) is 106 cm³/mol. The second-order valence-electron chi connectivity index (χ2n) is 6.63. The van der Waals surface area contributed by atoms with Gasteiger partial charge in [-0.2, -0.15) is 0 Å². The van der Waals surface area contributed by atoms with Crippen LogP contribution in [0.2, 0.25) is 0 Å². The third-order valence-corrected chi connectivity index (χ3v) is 5.45. The van der Waals surface area contributed by atoms with Crippen molar-refractivity contribution in [3.8, 4) is 0 Å². The lowest BCUT2D eigenvalue weighted by atomic mass is 9.94. The number of carbonyl (C=O) groups is 1. The highest BCUT2D eigenvalue weighted by Crippen LogP contribution is 2.39. The number of benzene rings is 1. The predicted octanol–water partition coefficient (Wildman–Crippen LogP) is 5.18. The van der Waals surface area contributed by atoms with E-state index in [1.807, 2.05) is 6.92 Å². The summed E-state index contributed by atoms with van der Waals surface area (Å²) in [7, 11) is 0. The molecule has 1 amide bonds. The van der Waals surface area contributed by atoms with Crippen molar-refractivity contribution in [2.24, 2.45) is 5.92 Å². The van der Waals surface area contributed by atoms with Crippen LogP contribution in [0.4, 0.5) is 0 Å². The second-order valence-corrected chi connectivity index (χ2v) is 7.84. The molecule has 0 aliphatic carbocycles. The van der Waals surface area contributed by atoms with Gasteiger partial charge >= 0.3 is 0 Å². The lowest BCUT2D eigenvalue weighted by molar-refractivity contribution is -0.109. The Labute approximate surface area is 150 Å². The molecule has 0 heterocycles. The molecule has 0 spiro atoms. The molecule has 0 aromatic heterocycles. The van der Waals surface area contributed by atoms with E-state index in [1.54, 1.807) is 11.8 Å². The largest absolute Gasteiger partial charge is 0.359 e. The molecular weight excluding hydrogens is 316 g/mol. The maximum absolute atomic E-state index is 10.3. The summed E-state index contributed by atoms with van der Waals surface area (Å²) in [5.41, 5.74) is 4.69. The summed E-state index contributed by atoms with van der Waals surface area (Å²) in [6.07, 6.45) is 3.84. The van der Waals surface area contributed by atoms with Gasteiger partial charge in [-0.3, -0.25) is 10.2 Å². The molecule has 0 saturated carbocycles. The number of hydrogen-bond acceptors (Lipinski definition) is 3. The van der Waals surface area contributed by atoms with Crippen molar-refractivity contribution in [2.75, 3.05) is 6.54 Å². The van der Waals surface area contributed by atoms with E-state index >= 15 is 0 Å². The van der Waals surface area contributed by atoms with Crippen LogP contribution in [0.1, 0.15) is 55.1 Å². The van der Waals surface area contributed by atoms with E-state index in [4.69, 9.17) is 5.41 Å². The van der Waals surface area contributed by atoms with Crippen LogP contribution in [0.25, 0.3) is 0 Å². The molecule has 2 N–H and O–H groups in total. The summed E-state index contributed by atoms with van der Waals surface area (Å²) in [5, 5.41) is 11.7. The standard InChI is InChI=1S/C20H30N2OS/c1-14(2)20(21)24-19(12-15(3)7-6-10-22-13-23)18-9-8-16(4)11-17(18)5/h8-9,11,13,15,19,21H,1,6-7,10,12H2,2-5H3,(H,22,23). The molecular formula is C20H30N2OS. The molecule has 0 bridgehead atoms. The average molecular weight is 347 g/mol. The number of amides is 1. The first-order valence-corrected chi connectivity index (χ1v) is 9.38. The van der Waals surface area contributed by atoms with Crippen LogP contribution >= 0.6 is 11.8 Å². The minimum atomic E-state index is 0.267. The minimum absolute atomic E-state index is 0.267. The van der Waals surface area contributed by atoms with Crippen molar-refractivity contribution in [3.05, 3.63) is 47.0 Å².